The van der Waals surface area contributed by atoms with Gasteiger partial charge in [0.1, 0.15) is 6.10 Å². The van der Waals surface area contributed by atoms with Gasteiger partial charge in [-0.3, -0.25) is 9.09 Å². The summed E-state index contributed by atoms with van der Waals surface area (Å²) in [6, 6.07) is 0. The lowest BCUT2D eigenvalue weighted by molar-refractivity contribution is 0.252. The van der Waals surface area contributed by atoms with E-state index in [0.717, 1.165) is 6.42 Å². The second-order valence-electron chi connectivity index (χ2n) is 2.42. The van der Waals surface area contributed by atoms with E-state index in [2.05, 4.69) is 11.8 Å². The Bertz CT molecular complexity index is 238. The molecule has 0 amide bonds. The SMILES string of the molecule is CCC#CC1CCP(=O)(O)O1. The molecule has 0 aromatic carbocycles. The minimum absolute atomic E-state index is 0.246. The van der Waals surface area contributed by atoms with Crippen molar-refractivity contribution in [2.45, 2.75) is 25.9 Å². The molecule has 0 spiro atoms. The molecule has 1 heterocycles. The van der Waals surface area contributed by atoms with Crippen molar-refractivity contribution in [3.05, 3.63) is 0 Å². The van der Waals surface area contributed by atoms with Crippen LogP contribution in [0.4, 0.5) is 0 Å². The van der Waals surface area contributed by atoms with Crippen LogP contribution in [0, 0.1) is 11.8 Å². The van der Waals surface area contributed by atoms with E-state index < -0.39 is 7.60 Å². The van der Waals surface area contributed by atoms with Gasteiger partial charge in [-0.2, -0.15) is 0 Å². The van der Waals surface area contributed by atoms with Gasteiger partial charge < -0.3 is 4.89 Å². The summed E-state index contributed by atoms with van der Waals surface area (Å²) in [4.78, 5) is 8.93. The van der Waals surface area contributed by atoms with Crippen molar-refractivity contribution in [2.24, 2.45) is 0 Å². The molecular weight excluding hydrogens is 163 g/mol. The second kappa shape index (κ2) is 3.40. The molecule has 0 saturated carbocycles. The monoisotopic (exact) mass is 174 g/mol. The Morgan fingerprint density at radius 3 is 3.00 bits per heavy atom. The van der Waals surface area contributed by atoms with E-state index in [1.165, 1.54) is 0 Å². The molecular formula is C7H11O3P. The van der Waals surface area contributed by atoms with E-state index in [4.69, 9.17) is 9.42 Å². The third-order valence-electron chi connectivity index (χ3n) is 1.41. The number of hydrogen-bond donors (Lipinski definition) is 1. The Balaban J connectivity index is 2.49. The summed E-state index contributed by atoms with van der Waals surface area (Å²) in [6.07, 6.45) is 1.28. The molecule has 62 valence electrons. The highest BCUT2D eigenvalue weighted by molar-refractivity contribution is 7.53. The molecule has 11 heavy (non-hydrogen) atoms. The zero-order valence-electron chi connectivity index (χ0n) is 6.41. The van der Waals surface area contributed by atoms with Crippen molar-refractivity contribution in [3.63, 3.8) is 0 Å². The van der Waals surface area contributed by atoms with Crippen LogP contribution in [-0.2, 0) is 9.09 Å². The molecule has 4 heteroatoms. The first-order chi connectivity index (χ1) is 5.14. The molecule has 1 saturated heterocycles. The van der Waals surface area contributed by atoms with Gasteiger partial charge in [-0.15, -0.1) is 5.92 Å². The quantitative estimate of drug-likeness (QED) is 0.445. The fourth-order valence-corrected chi connectivity index (χ4v) is 2.12. The van der Waals surface area contributed by atoms with Crippen molar-refractivity contribution >= 4 is 7.60 Å². The van der Waals surface area contributed by atoms with Gasteiger partial charge >= 0.3 is 7.60 Å². The van der Waals surface area contributed by atoms with Crippen LogP contribution in [0.3, 0.4) is 0 Å². The van der Waals surface area contributed by atoms with Crippen molar-refractivity contribution < 1.29 is 14.0 Å². The predicted octanol–water partition coefficient (Wildman–Crippen LogP) is 1.37. The minimum atomic E-state index is -3.24. The predicted molar refractivity (Wildman–Crippen MR) is 42.2 cm³/mol. The molecule has 1 N–H and O–H groups in total. The molecule has 1 rings (SSSR count). The average molecular weight is 174 g/mol. The summed E-state index contributed by atoms with van der Waals surface area (Å²) < 4.78 is 15.6. The fraction of sp³-hybridized carbons (Fsp3) is 0.714. The molecule has 3 nitrogen and oxygen atoms in total. The Morgan fingerprint density at radius 1 is 1.82 bits per heavy atom. The first kappa shape index (κ1) is 8.80. The van der Waals surface area contributed by atoms with E-state index in [1.54, 1.807) is 0 Å². The number of rotatable bonds is 0. The maximum Gasteiger partial charge on any atom is 0.329 e. The molecule has 0 aromatic rings. The molecule has 0 aromatic heterocycles. The Labute approximate surface area is 66.3 Å². The van der Waals surface area contributed by atoms with Gasteiger partial charge in [-0.05, 0) is 6.42 Å². The average Bonchev–Trinajstić information content (AvgIpc) is 2.26. The van der Waals surface area contributed by atoms with Crippen molar-refractivity contribution in [1.29, 1.82) is 0 Å². The molecule has 0 bridgehead atoms. The van der Waals surface area contributed by atoms with Crippen LogP contribution in [0.5, 0.6) is 0 Å². The lowest BCUT2D eigenvalue weighted by atomic mass is 10.3. The zero-order valence-corrected chi connectivity index (χ0v) is 7.30. The highest BCUT2D eigenvalue weighted by atomic mass is 31.2. The zero-order chi connectivity index (χ0) is 8.32. The van der Waals surface area contributed by atoms with Gasteiger partial charge in [0, 0.05) is 6.42 Å². The first-order valence-corrected chi connectivity index (χ1v) is 5.39. The summed E-state index contributed by atoms with van der Waals surface area (Å²) in [6.45, 7) is 1.93. The molecule has 0 aliphatic carbocycles. The summed E-state index contributed by atoms with van der Waals surface area (Å²) >= 11 is 0. The molecule has 0 radical (unpaired) electrons. The number of hydrogen-bond acceptors (Lipinski definition) is 2. The van der Waals surface area contributed by atoms with E-state index in [0.29, 0.717) is 6.42 Å². The summed E-state index contributed by atoms with van der Waals surface area (Å²) in [7, 11) is -3.24. The third kappa shape index (κ3) is 2.67. The topological polar surface area (TPSA) is 46.5 Å². The van der Waals surface area contributed by atoms with Crippen LogP contribution in [0.2, 0.25) is 0 Å². The summed E-state index contributed by atoms with van der Waals surface area (Å²) in [5.41, 5.74) is 0. The van der Waals surface area contributed by atoms with Crippen molar-refractivity contribution in [2.75, 3.05) is 6.16 Å². The van der Waals surface area contributed by atoms with Crippen LogP contribution in [0.1, 0.15) is 19.8 Å². The molecule has 2 unspecified atom stereocenters. The molecule has 1 fully saturated rings. The first-order valence-electron chi connectivity index (χ1n) is 3.62. The summed E-state index contributed by atoms with van der Waals surface area (Å²) in [5.74, 6) is 5.60. The Kier molecular flexibility index (Phi) is 2.72. The van der Waals surface area contributed by atoms with Crippen LogP contribution in [0.15, 0.2) is 0 Å². The maximum absolute atomic E-state index is 10.9. The largest absolute Gasteiger partial charge is 0.329 e. The summed E-state index contributed by atoms with van der Waals surface area (Å²) in [5, 5.41) is 0. The van der Waals surface area contributed by atoms with Gasteiger partial charge in [0.25, 0.3) is 0 Å². The van der Waals surface area contributed by atoms with E-state index in [9.17, 15) is 4.57 Å². The van der Waals surface area contributed by atoms with Gasteiger partial charge in [0.15, 0.2) is 0 Å². The van der Waals surface area contributed by atoms with E-state index in [1.807, 2.05) is 6.92 Å². The van der Waals surface area contributed by atoms with Crippen LogP contribution in [-0.4, -0.2) is 17.2 Å². The Morgan fingerprint density at radius 2 is 2.55 bits per heavy atom. The maximum atomic E-state index is 10.9. The standard InChI is InChI=1S/C7H11O3P/c1-2-3-4-7-5-6-11(8,9)10-7/h7H,2,5-6H2,1H3,(H,8,9). The molecule has 1 aliphatic rings. The van der Waals surface area contributed by atoms with Crippen LogP contribution < -0.4 is 0 Å². The highest BCUT2D eigenvalue weighted by Gasteiger charge is 2.31. The van der Waals surface area contributed by atoms with Crippen LogP contribution in [0.25, 0.3) is 0 Å². The van der Waals surface area contributed by atoms with Gasteiger partial charge in [-0.25, -0.2) is 0 Å². The van der Waals surface area contributed by atoms with E-state index >= 15 is 0 Å². The fourth-order valence-electron chi connectivity index (χ4n) is 0.899. The van der Waals surface area contributed by atoms with E-state index in [-0.39, 0.29) is 12.3 Å². The van der Waals surface area contributed by atoms with Gasteiger partial charge in [0.2, 0.25) is 0 Å². The van der Waals surface area contributed by atoms with Crippen molar-refractivity contribution in [1.82, 2.24) is 0 Å². The Hall–Kier alpha value is -0.290. The van der Waals surface area contributed by atoms with Gasteiger partial charge in [-0.1, -0.05) is 12.8 Å². The van der Waals surface area contributed by atoms with Gasteiger partial charge in [0.05, 0.1) is 6.16 Å². The normalized spacial score (nSPS) is 36.4. The third-order valence-corrected chi connectivity index (χ3v) is 2.81. The second-order valence-corrected chi connectivity index (χ2v) is 4.35. The molecule has 1 aliphatic heterocycles. The van der Waals surface area contributed by atoms with Crippen LogP contribution >= 0.6 is 7.60 Å². The highest BCUT2D eigenvalue weighted by Crippen LogP contribution is 2.49. The lowest BCUT2D eigenvalue weighted by Gasteiger charge is -2.01. The minimum Gasteiger partial charge on any atom is -0.324 e. The van der Waals surface area contributed by atoms with Crippen molar-refractivity contribution in [3.8, 4) is 11.8 Å². The lowest BCUT2D eigenvalue weighted by Crippen LogP contribution is -1.98. The smallest absolute Gasteiger partial charge is 0.324 e. The molecule has 2 atom stereocenters.